The van der Waals surface area contributed by atoms with E-state index in [0.29, 0.717) is 13.0 Å². The molecule has 0 saturated carbocycles. The number of aliphatic hydroxyl groups excluding tert-OH is 1. The molecule has 2 aliphatic heterocycles. The summed E-state index contributed by atoms with van der Waals surface area (Å²) in [5.41, 5.74) is -1.32. The fourth-order valence-electron chi connectivity index (χ4n) is 5.39. The normalized spacial score (nSPS) is 21.8. The lowest BCUT2D eigenvalue weighted by atomic mass is 10.1. The molecule has 5 rings (SSSR count). The minimum absolute atomic E-state index is 0.00454. The second-order valence-electron chi connectivity index (χ2n) is 12.4. The van der Waals surface area contributed by atoms with Gasteiger partial charge >= 0.3 is 11.9 Å². The van der Waals surface area contributed by atoms with Crippen molar-refractivity contribution >= 4 is 46.4 Å². The number of nitrogens with zero attached hydrogens (tertiary/aromatic N) is 4. The number of imidazole rings is 1. The van der Waals surface area contributed by atoms with Crippen molar-refractivity contribution in [1.29, 1.82) is 0 Å². The molecule has 274 valence electrons. The molecular formula is C32H38N6O13. The number of rotatable bonds is 14. The molecule has 0 bridgehead atoms. The molecule has 5 atom stereocenters. The number of non-ortho nitro benzene ring substituents is 1. The van der Waals surface area contributed by atoms with E-state index in [1.165, 1.54) is 23.9 Å². The highest BCUT2D eigenvalue weighted by molar-refractivity contribution is 5.92. The monoisotopic (exact) mass is 714 g/mol. The molecule has 1 aromatic carbocycles. The number of esters is 2. The van der Waals surface area contributed by atoms with Crippen molar-refractivity contribution in [2.45, 2.75) is 90.3 Å². The quantitative estimate of drug-likeness (QED) is 0.123. The van der Waals surface area contributed by atoms with Crippen LogP contribution in [-0.4, -0.2) is 91.0 Å². The van der Waals surface area contributed by atoms with Crippen LogP contribution >= 0.6 is 0 Å². The first-order valence-electron chi connectivity index (χ1n) is 16.3. The molecule has 0 spiro atoms. The van der Waals surface area contributed by atoms with Crippen molar-refractivity contribution in [3.05, 3.63) is 56.1 Å². The van der Waals surface area contributed by atoms with Gasteiger partial charge in [0, 0.05) is 36.6 Å². The van der Waals surface area contributed by atoms with Gasteiger partial charge in [-0.25, -0.2) is 9.78 Å². The van der Waals surface area contributed by atoms with Crippen LogP contribution in [0.15, 0.2) is 29.3 Å². The number of hydrogen-bond donors (Lipinski definition) is 3. The van der Waals surface area contributed by atoms with E-state index in [1.807, 2.05) is 0 Å². The Kier molecular flexibility index (Phi) is 11.9. The van der Waals surface area contributed by atoms with Gasteiger partial charge in [-0.15, -0.1) is 0 Å². The maximum absolute atomic E-state index is 13.3. The number of anilines is 1. The SMILES string of the molecule is CC(=O)CCC(=O)OCc1ccc([N+](=O)[O-])cc1C(=O)OC[C@H]1O[C@@H](n2cnc3c(=O)[nH]c(NC(=O)C(C)C)nc32)[C@H](OC2CCCCO2)[C@@H]1O. The lowest BCUT2D eigenvalue weighted by Gasteiger charge is -2.29. The Morgan fingerprint density at radius 3 is 2.67 bits per heavy atom. The van der Waals surface area contributed by atoms with Crippen LogP contribution in [0.3, 0.4) is 0 Å². The number of nitro benzene ring substituents is 1. The second kappa shape index (κ2) is 16.3. The largest absolute Gasteiger partial charge is 0.461 e. The van der Waals surface area contributed by atoms with E-state index in [0.717, 1.165) is 25.0 Å². The first-order valence-corrected chi connectivity index (χ1v) is 16.3. The number of hydrogen-bond acceptors (Lipinski definition) is 15. The number of Topliss-reactive ketones (excluding diaryl/α,β-unsaturated/α-hetero) is 1. The molecule has 4 heterocycles. The van der Waals surface area contributed by atoms with Crippen LogP contribution in [0.2, 0.25) is 0 Å². The molecule has 3 aromatic rings. The molecule has 0 aliphatic carbocycles. The van der Waals surface area contributed by atoms with Crippen LogP contribution in [0.25, 0.3) is 11.2 Å². The summed E-state index contributed by atoms with van der Waals surface area (Å²) in [6.45, 7) is 4.10. The molecule has 3 N–H and O–H groups in total. The fourth-order valence-corrected chi connectivity index (χ4v) is 5.39. The van der Waals surface area contributed by atoms with Crippen LogP contribution in [0.1, 0.15) is 75.0 Å². The van der Waals surface area contributed by atoms with Crippen molar-refractivity contribution in [2.75, 3.05) is 18.5 Å². The van der Waals surface area contributed by atoms with Gasteiger partial charge in [-0.05, 0) is 32.3 Å². The zero-order valence-corrected chi connectivity index (χ0v) is 28.1. The predicted octanol–water partition coefficient (Wildman–Crippen LogP) is 2.06. The van der Waals surface area contributed by atoms with Crippen LogP contribution in [0, 0.1) is 16.0 Å². The van der Waals surface area contributed by atoms with Crippen LogP contribution in [0.4, 0.5) is 11.6 Å². The van der Waals surface area contributed by atoms with Crippen molar-refractivity contribution < 1.29 is 52.9 Å². The lowest BCUT2D eigenvalue weighted by molar-refractivity contribution is -0.384. The third-order valence-electron chi connectivity index (χ3n) is 8.20. The number of amides is 1. The third-order valence-corrected chi connectivity index (χ3v) is 8.20. The number of benzene rings is 1. The number of fused-ring (bicyclic) bond motifs is 1. The second-order valence-corrected chi connectivity index (χ2v) is 12.4. The highest BCUT2D eigenvalue weighted by atomic mass is 16.7. The first kappa shape index (κ1) is 37.2. The molecule has 2 saturated heterocycles. The van der Waals surface area contributed by atoms with E-state index in [2.05, 4.69) is 20.3 Å². The highest BCUT2D eigenvalue weighted by Gasteiger charge is 2.48. The summed E-state index contributed by atoms with van der Waals surface area (Å²) in [5, 5.41) is 25.5. The summed E-state index contributed by atoms with van der Waals surface area (Å²) >= 11 is 0. The molecule has 1 unspecified atom stereocenters. The minimum Gasteiger partial charge on any atom is -0.461 e. The maximum Gasteiger partial charge on any atom is 0.338 e. The topological polar surface area (TPSA) is 253 Å². The number of aliphatic hydroxyl groups is 1. The van der Waals surface area contributed by atoms with Gasteiger partial charge < -0.3 is 33.6 Å². The Labute approximate surface area is 289 Å². The van der Waals surface area contributed by atoms with E-state index >= 15 is 0 Å². The van der Waals surface area contributed by atoms with Crippen molar-refractivity contribution in [3.8, 4) is 0 Å². The fraction of sp³-hybridized carbons (Fsp3) is 0.531. The van der Waals surface area contributed by atoms with E-state index in [1.54, 1.807) is 13.8 Å². The van der Waals surface area contributed by atoms with Gasteiger partial charge in [0.1, 0.15) is 37.3 Å². The zero-order valence-electron chi connectivity index (χ0n) is 28.1. The molecule has 2 aliphatic rings. The summed E-state index contributed by atoms with van der Waals surface area (Å²) in [7, 11) is 0. The van der Waals surface area contributed by atoms with Gasteiger partial charge in [0.2, 0.25) is 11.9 Å². The Hall–Kier alpha value is -5.11. The predicted molar refractivity (Wildman–Crippen MR) is 173 cm³/mol. The van der Waals surface area contributed by atoms with Crippen LogP contribution in [0.5, 0.6) is 0 Å². The van der Waals surface area contributed by atoms with Crippen LogP contribution < -0.4 is 10.9 Å². The smallest absolute Gasteiger partial charge is 0.338 e. The van der Waals surface area contributed by atoms with Gasteiger partial charge in [-0.1, -0.05) is 13.8 Å². The molecule has 1 amide bonds. The summed E-state index contributed by atoms with van der Waals surface area (Å²) in [6.07, 6.45) is -2.48. The van der Waals surface area contributed by atoms with Gasteiger partial charge in [0.05, 0.1) is 23.2 Å². The van der Waals surface area contributed by atoms with Crippen molar-refractivity contribution in [2.24, 2.45) is 5.92 Å². The van der Waals surface area contributed by atoms with Gasteiger partial charge in [0.15, 0.2) is 23.7 Å². The van der Waals surface area contributed by atoms with Crippen molar-refractivity contribution in [3.63, 3.8) is 0 Å². The third kappa shape index (κ3) is 8.98. The standard InChI is InChI=1S/C32H38N6O13/c1-16(2)28(42)35-32-34-27-24(29(43)36-32)33-15-37(27)30-26(51-23-6-4-5-11-47-23)25(41)21(50-30)14-49-31(44)20-12-19(38(45)46)9-8-18(20)13-48-22(40)10-7-17(3)39/h8-9,12,15-16,21,23,25-26,30,41H,4-7,10-11,13-14H2,1-3H3,(H2,34,35,36,42,43)/t21-,23?,25-,26-,30-/m1/s1. The Bertz CT molecular complexity index is 1850. The molecule has 19 heteroatoms. The number of nitro groups is 1. The molecule has 51 heavy (non-hydrogen) atoms. The number of ether oxygens (including phenoxy) is 5. The number of aromatic amines is 1. The first-order chi connectivity index (χ1) is 24.3. The molecule has 19 nitrogen and oxygen atoms in total. The van der Waals surface area contributed by atoms with Gasteiger partial charge in [-0.2, -0.15) is 4.98 Å². The molecular weight excluding hydrogens is 676 g/mol. The zero-order chi connectivity index (χ0) is 36.8. The number of ketones is 1. The van der Waals surface area contributed by atoms with E-state index < -0.39 is 84.0 Å². The molecule has 2 aromatic heterocycles. The number of H-pyrrole nitrogens is 1. The average Bonchev–Trinajstić information content (AvgIpc) is 3.66. The summed E-state index contributed by atoms with van der Waals surface area (Å²) in [6, 6.07) is 3.35. The Morgan fingerprint density at radius 2 is 1.98 bits per heavy atom. The van der Waals surface area contributed by atoms with E-state index in [4.69, 9.17) is 23.7 Å². The minimum atomic E-state index is -1.43. The number of nitrogens with one attached hydrogen (secondary N) is 2. The summed E-state index contributed by atoms with van der Waals surface area (Å²) in [5.74, 6) is -2.90. The average molecular weight is 715 g/mol. The van der Waals surface area contributed by atoms with Crippen molar-refractivity contribution in [1.82, 2.24) is 19.5 Å². The van der Waals surface area contributed by atoms with E-state index in [-0.39, 0.29) is 46.9 Å². The van der Waals surface area contributed by atoms with Crippen LogP contribution in [-0.2, 0) is 44.7 Å². The number of carbonyl (C=O) groups excluding carboxylic acids is 4. The maximum atomic E-state index is 13.3. The highest BCUT2D eigenvalue weighted by Crippen LogP contribution is 2.36. The summed E-state index contributed by atoms with van der Waals surface area (Å²) in [4.78, 5) is 83.6. The molecule has 0 radical (unpaired) electrons. The number of carbonyl (C=O) groups is 4. The van der Waals surface area contributed by atoms with Gasteiger partial charge in [-0.3, -0.25) is 39.4 Å². The van der Waals surface area contributed by atoms with E-state index in [9.17, 15) is 39.2 Å². The Balaban J connectivity index is 1.38. The number of aromatic nitrogens is 4. The lowest BCUT2D eigenvalue weighted by Crippen LogP contribution is -2.40. The Morgan fingerprint density at radius 1 is 1.20 bits per heavy atom. The molecule has 2 fully saturated rings. The van der Waals surface area contributed by atoms with Gasteiger partial charge in [0.25, 0.3) is 11.2 Å². The summed E-state index contributed by atoms with van der Waals surface area (Å²) < 4.78 is 30.0.